The lowest BCUT2D eigenvalue weighted by Gasteiger charge is -2.29. The van der Waals surface area contributed by atoms with Gasteiger partial charge in [-0.05, 0) is 37.1 Å². The maximum absolute atomic E-state index is 12.1. The van der Waals surface area contributed by atoms with Crippen LogP contribution in [0.1, 0.15) is 18.4 Å². The molecule has 1 saturated heterocycles. The van der Waals surface area contributed by atoms with E-state index in [1.807, 2.05) is 29.2 Å². The minimum Gasteiger partial charge on any atom is -0.491 e. The number of ether oxygens (including phenoxy) is 2. The predicted octanol–water partition coefficient (Wildman–Crippen LogP) is 1.12. The van der Waals surface area contributed by atoms with Gasteiger partial charge in [0.15, 0.2) is 0 Å². The fourth-order valence-electron chi connectivity index (χ4n) is 2.81. The number of nitrogens with one attached hydrogen (secondary N) is 1. The highest BCUT2D eigenvalue weighted by atomic mass is 16.5. The molecule has 0 saturated carbocycles. The normalized spacial score (nSPS) is 17.9. The molecular formula is C18H26N2O5. The molecule has 25 heavy (non-hydrogen) atoms. The minimum atomic E-state index is -0.780. The Hall–Kier alpha value is -2.12. The second kappa shape index (κ2) is 10.0. The highest BCUT2D eigenvalue weighted by Gasteiger charge is 2.26. The summed E-state index contributed by atoms with van der Waals surface area (Å²) >= 11 is 0. The van der Waals surface area contributed by atoms with Gasteiger partial charge in [-0.2, -0.15) is 0 Å². The third-order valence-electron chi connectivity index (χ3n) is 4.19. The van der Waals surface area contributed by atoms with E-state index < -0.39 is 5.97 Å². The number of carbonyl (C=O) groups excluding carboxylic acids is 1. The number of amides is 1. The van der Waals surface area contributed by atoms with Crippen molar-refractivity contribution in [3.05, 3.63) is 29.8 Å². The molecular weight excluding hydrogens is 324 g/mol. The van der Waals surface area contributed by atoms with E-state index in [0.717, 1.165) is 24.3 Å². The van der Waals surface area contributed by atoms with Crippen molar-refractivity contribution in [3.63, 3.8) is 0 Å². The van der Waals surface area contributed by atoms with Gasteiger partial charge in [-0.25, -0.2) is 0 Å². The molecule has 7 nitrogen and oxygen atoms in total. The topological polar surface area (TPSA) is 88.1 Å². The van der Waals surface area contributed by atoms with E-state index in [4.69, 9.17) is 14.6 Å². The summed E-state index contributed by atoms with van der Waals surface area (Å²) < 4.78 is 10.4. The molecule has 0 spiro atoms. The number of aliphatic carboxylic acids is 1. The molecule has 1 fully saturated rings. The van der Waals surface area contributed by atoms with Crippen molar-refractivity contribution < 1.29 is 24.2 Å². The average Bonchev–Trinajstić information content (AvgIpc) is 2.61. The van der Waals surface area contributed by atoms with Gasteiger partial charge in [-0.1, -0.05) is 12.1 Å². The zero-order valence-electron chi connectivity index (χ0n) is 14.6. The Labute approximate surface area is 147 Å². The number of carboxylic acids is 1. The number of carboxylic acid groups (broad SMARTS) is 1. The van der Waals surface area contributed by atoms with E-state index in [9.17, 15) is 9.59 Å². The molecule has 1 aromatic carbocycles. The fourth-order valence-corrected chi connectivity index (χ4v) is 2.81. The van der Waals surface area contributed by atoms with E-state index in [0.29, 0.717) is 32.7 Å². The van der Waals surface area contributed by atoms with E-state index in [-0.39, 0.29) is 18.4 Å². The summed E-state index contributed by atoms with van der Waals surface area (Å²) in [7, 11) is 1.63. The van der Waals surface area contributed by atoms with Crippen LogP contribution in [0.3, 0.4) is 0 Å². The second-order valence-corrected chi connectivity index (χ2v) is 6.17. The summed E-state index contributed by atoms with van der Waals surface area (Å²) in [5.41, 5.74) is 0.981. The highest BCUT2D eigenvalue weighted by molar-refractivity contribution is 5.78. The van der Waals surface area contributed by atoms with Crippen molar-refractivity contribution in [2.45, 2.75) is 19.4 Å². The molecule has 1 amide bonds. The van der Waals surface area contributed by atoms with E-state index in [1.165, 1.54) is 0 Å². The zero-order valence-corrected chi connectivity index (χ0v) is 14.6. The fraction of sp³-hybridized carbons (Fsp3) is 0.556. The molecule has 1 aromatic rings. The monoisotopic (exact) mass is 350 g/mol. The Morgan fingerprint density at radius 3 is 2.72 bits per heavy atom. The summed E-state index contributed by atoms with van der Waals surface area (Å²) in [4.78, 5) is 25.0. The van der Waals surface area contributed by atoms with Crippen molar-refractivity contribution in [1.29, 1.82) is 0 Å². The molecule has 0 radical (unpaired) electrons. The van der Waals surface area contributed by atoms with Gasteiger partial charge < -0.3 is 19.9 Å². The first kappa shape index (κ1) is 19.2. The van der Waals surface area contributed by atoms with Crippen LogP contribution in [-0.2, 0) is 20.9 Å². The first-order chi connectivity index (χ1) is 12.1. The number of likely N-dealkylation sites (tertiary alicyclic amines) is 1. The van der Waals surface area contributed by atoms with Gasteiger partial charge in [0.1, 0.15) is 12.4 Å². The Morgan fingerprint density at radius 2 is 2.04 bits per heavy atom. The van der Waals surface area contributed by atoms with E-state index in [2.05, 4.69) is 5.32 Å². The molecule has 1 atom stereocenters. The lowest BCUT2D eigenvalue weighted by atomic mass is 9.98. The van der Waals surface area contributed by atoms with Crippen molar-refractivity contribution in [2.75, 3.05) is 40.0 Å². The number of hydrogen-bond acceptors (Lipinski definition) is 5. The number of benzene rings is 1. The summed E-state index contributed by atoms with van der Waals surface area (Å²) in [5.74, 6) is -0.475. The molecule has 1 heterocycles. The molecule has 0 bridgehead atoms. The SMILES string of the molecule is COCCOc1ccc(CNC(=O)CN2CCCC(C(=O)O)C2)cc1. The van der Waals surface area contributed by atoms with Gasteiger partial charge in [-0.3, -0.25) is 14.5 Å². The standard InChI is InChI=1S/C18H26N2O5/c1-24-9-10-25-16-6-4-14(5-7-16)11-19-17(21)13-20-8-2-3-15(12-20)18(22)23/h4-7,15H,2-3,8-13H2,1H3,(H,19,21)(H,22,23). The smallest absolute Gasteiger partial charge is 0.307 e. The van der Waals surface area contributed by atoms with Crippen LogP contribution in [0.25, 0.3) is 0 Å². The lowest BCUT2D eigenvalue weighted by molar-refractivity contribution is -0.144. The summed E-state index contributed by atoms with van der Waals surface area (Å²) in [6.07, 6.45) is 1.50. The molecule has 2 rings (SSSR count). The van der Waals surface area contributed by atoms with Crippen LogP contribution in [-0.4, -0.2) is 61.8 Å². The lowest BCUT2D eigenvalue weighted by Crippen LogP contribution is -2.44. The first-order valence-corrected chi connectivity index (χ1v) is 8.51. The Kier molecular flexibility index (Phi) is 7.69. The van der Waals surface area contributed by atoms with Crippen LogP contribution in [0.15, 0.2) is 24.3 Å². The Balaban J connectivity index is 1.71. The summed E-state index contributed by atoms with van der Waals surface area (Å²) in [6, 6.07) is 7.53. The maximum Gasteiger partial charge on any atom is 0.307 e. The molecule has 0 aromatic heterocycles. The van der Waals surface area contributed by atoms with Crippen LogP contribution in [0.2, 0.25) is 0 Å². The maximum atomic E-state index is 12.1. The van der Waals surface area contributed by atoms with Crippen molar-refractivity contribution in [1.82, 2.24) is 10.2 Å². The van der Waals surface area contributed by atoms with Gasteiger partial charge in [0.2, 0.25) is 5.91 Å². The molecule has 2 N–H and O–H groups in total. The average molecular weight is 350 g/mol. The second-order valence-electron chi connectivity index (χ2n) is 6.17. The highest BCUT2D eigenvalue weighted by Crippen LogP contribution is 2.16. The number of hydrogen-bond donors (Lipinski definition) is 2. The number of rotatable bonds is 9. The zero-order chi connectivity index (χ0) is 18.1. The minimum absolute atomic E-state index is 0.0912. The van der Waals surface area contributed by atoms with Crippen LogP contribution in [0.4, 0.5) is 0 Å². The number of piperidine rings is 1. The third-order valence-corrected chi connectivity index (χ3v) is 4.19. The Morgan fingerprint density at radius 1 is 1.28 bits per heavy atom. The van der Waals surface area contributed by atoms with Crippen molar-refractivity contribution in [2.24, 2.45) is 5.92 Å². The third kappa shape index (κ3) is 6.72. The molecule has 1 aliphatic rings. The molecule has 1 aliphatic heterocycles. The number of methoxy groups -OCH3 is 1. The summed E-state index contributed by atoms with van der Waals surface area (Å²) in [6.45, 7) is 2.92. The van der Waals surface area contributed by atoms with Crippen LogP contribution in [0, 0.1) is 5.92 Å². The quantitative estimate of drug-likeness (QED) is 0.649. The summed E-state index contributed by atoms with van der Waals surface area (Å²) in [5, 5.41) is 12.0. The van der Waals surface area contributed by atoms with E-state index in [1.54, 1.807) is 7.11 Å². The van der Waals surface area contributed by atoms with E-state index >= 15 is 0 Å². The van der Waals surface area contributed by atoms with Crippen molar-refractivity contribution >= 4 is 11.9 Å². The van der Waals surface area contributed by atoms with Crippen molar-refractivity contribution in [3.8, 4) is 5.75 Å². The van der Waals surface area contributed by atoms with Gasteiger partial charge in [0, 0.05) is 20.2 Å². The Bertz CT molecular complexity index is 561. The molecule has 0 aliphatic carbocycles. The predicted molar refractivity (Wildman–Crippen MR) is 92.5 cm³/mol. The van der Waals surface area contributed by atoms with Gasteiger partial charge in [0.25, 0.3) is 0 Å². The van der Waals surface area contributed by atoms with Crippen LogP contribution < -0.4 is 10.1 Å². The van der Waals surface area contributed by atoms with Crippen LogP contribution in [0.5, 0.6) is 5.75 Å². The number of carbonyl (C=O) groups is 2. The van der Waals surface area contributed by atoms with Gasteiger partial charge >= 0.3 is 5.97 Å². The van der Waals surface area contributed by atoms with Crippen LogP contribution >= 0.6 is 0 Å². The number of nitrogens with zero attached hydrogens (tertiary/aromatic N) is 1. The molecule has 7 heteroatoms. The first-order valence-electron chi connectivity index (χ1n) is 8.51. The molecule has 1 unspecified atom stereocenters. The molecule has 138 valence electrons. The largest absolute Gasteiger partial charge is 0.491 e. The van der Waals surface area contributed by atoms with Gasteiger partial charge in [0.05, 0.1) is 19.1 Å². The van der Waals surface area contributed by atoms with Gasteiger partial charge in [-0.15, -0.1) is 0 Å².